The first-order chi connectivity index (χ1) is 4.93. The van der Waals surface area contributed by atoms with E-state index in [-0.39, 0.29) is 0 Å². The highest BCUT2D eigenvalue weighted by Crippen LogP contribution is 2.17. The summed E-state index contributed by atoms with van der Waals surface area (Å²) in [5, 5.41) is 0. The van der Waals surface area contributed by atoms with Gasteiger partial charge in [0.1, 0.15) is 6.29 Å². The Labute approximate surface area is 61.6 Å². The molecule has 1 heterocycles. The first-order valence-electron chi connectivity index (χ1n) is 3.98. The number of epoxide rings is 1. The zero-order valence-corrected chi connectivity index (χ0v) is 6.21. The second-order valence-electron chi connectivity index (χ2n) is 2.76. The van der Waals surface area contributed by atoms with Gasteiger partial charge in [0.25, 0.3) is 0 Å². The molecule has 0 aliphatic carbocycles. The van der Waals surface area contributed by atoms with Crippen molar-refractivity contribution in [2.75, 3.05) is 6.61 Å². The summed E-state index contributed by atoms with van der Waals surface area (Å²) >= 11 is 0. The number of hydrogen-bond acceptors (Lipinski definition) is 2. The molecule has 2 heteroatoms. The van der Waals surface area contributed by atoms with E-state index in [9.17, 15) is 4.79 Å². The predicted molar refractivity (Wildman–Crippen MR) is 38.9 cm³/mol. The van der Waals surface area contributed by atoms with E-state index >= 15 is 0 Å². The Balaban J connectivity index is 1.72. The molecular formula is C8H14O2. The standard InChI is InChI=1S/C8H14O2/c9-6-4-2-1-3-5-8-7-10-8/h6,8H,1-5,7H2/t8-/m1/s1. The number of carbonyl (C=O) groups is 1. The number of rotatable bonds is 6. The Morgan fingerprint density at radius 1 is 1.40 bits per heavy atom. The lowest BCUT2D eigenvalue weighted by atomic mass is 10.1. The fraction of sp³-hybridized carbons (Fsp3) is 0.875. The molecule has 0 aromatic heterocycles. The van der Waals surface area contributed by atoms with Gasteiger partial charge in [-0.25, -0.2) is 0 Å². The van der Waals surface area contributed by atoms with Gasteiger partial charge in [0.05, 0.1) is 12.7 Å². The molecule has 1 fully saturated rings. The molecule has 1 rings (SSSR count). The minimum atomic E-state index is 0.566. The van der Waals surface area contributed by atoms with Gasteiger partial charge in [0.15, 0.2) is 0 Å². The second kappa shape index (κ2) is 4.45. The highest BCUT2D eigenvalue weighted by molar-refractivity contribution is 5.48. The summed E-state index contributed by atoms with van der Waals surface area (Å²) in [4.78, 5) is 9.89. The van der Waals surface area contributed by atoms with Crippen molar-refractivity contribution in [3.05, 3.63) is 0 Å². The number of aldehydes is 1. The van der Waals surface area contributed by atoms with Crippen LogP contribution in [0.3, 0.4) is 0 Å². The van der Waals surface area contributed by atoms with Crippen molar-refractivity contribution in [2.24, 2.45) is 0 Å². The molecule has 1 aliphatic heterocycles. The normalized spacial score (nSPS) is 22.6. The second-order valence-corrected chi connectivity index (χ2v) is 2.76. The zero-order valence-electron chi connectivity index (χ0n) is 6.21. The molecule has 0 radical (unpaired) electrons. The van der Waals surface area contributed by atoms with Crippen molar-refractivity contribution >= 4 is 6.29 Å². The summed E-state index contributed by atoms with van der Waals surface area (Å²) < 4.78 is 5.05. The summed E-state index contributed by atoms with van der Waals surface area (Å²) in [7, 11) is 0. The topological polar surface area (TPSA) is 29.6 Å². The molecule has 1 atom stereocenters. The van der Waals surface area contributed by atoms with Crippen LogP contribution in [0.4, 0.5) is 0 Å². The van der Waals surface area contributed by atoms with Gasteiger partial charge in [-0.2, -0.15) is 0 Å². The van der Waals surface area contributed by atoms with Crippen molar-refractivity contribution in [3.8, 4) is 0 Å². The number of hydrogen-bond donors (Lipinski definition) is 0. The molecule has 1 aliphatic rings. The molecule has 0 N–H and O–H groups in total. The number of unbranched alkanes of at least 4 members (excludes halogenated alkanes) is 3. The van der Waals surface area contributed by atoms with Gasteiger partial charge < -0.3 is 9.53 Å². The van der Waals surface area contributed by atoms with E-state index in [0.29, 0.717) is 6.10 Å². The summed E-state index contributed by atoms with van der Waals surface area (Å²) in [5.74, 6) is 0. The Kier molecular flexibility index (Phi) is 3.44. The summed E-state index contributed by atoms with van der Waals surface area (Å²) in [6.07, 6.45) is 6.93. The first-order valence-corrected chi connectivity index (χ1v) is 3.98. The molecule has 1 saturated heterocycles. The largest absolute Gasteiger partial charge is 0.373 e. The third kappa shape index (κ3) is 3.62. The Morgan fingerprint density at radius 3 is 2.80 bits per heavy atom. The van der Waals surface area contributed by atoms with Gasteiger partial charge >= 0.3 is 0 Å². The fourth-order valence-electron chi connectivity index (χ4n) is 1.01. The Hall–Kier alpha value is -0.370. The van der Waals surface area contributed by atoms with E-state index < -0.39 is 0 Å². The lowest BCUT2D eigenvalue weighted by Gasteiger charge is -1.93. The Bertz CT molecular complexity index is 97.4. The van der Waals surface area contributed by atoms with Crippen LogP contribution in [-0.4, -0.2) is 19.0 Å². The van der Waals surface area contributed by atoms with Gasteiger partial charge in [-0.3, -0.25) is 0 Å². The van der Waals surface area contributed by atoms with Gasteiger partial charge in [-0.1, -0.05) is 12.8 Å². The van der Waals surface area contributed by atoms with Crippen LogP contribution in [0.15, 0.2) is 0 Å². The van der Waals surface area contributed by atoms with E-state index in [1.165, 1.54) is 19.3 Å². The molecule has 0 unspecified atom stereocenters. The van der Waals surface area contributed by atoms with Crippen molar-refractivity contribution in [1.82, 2.24) is 0 Å². The summed E-state index contributed by atoms with van der Waals surface area (Å²) in [5.41, 5.74) is 0. The lowest BCUT2D eigenvalue weighted by molar-refractivity contribution is -0.107. The molecule has 0 aromatic rings. The van der Waals surface area contributed by atoms with Gasteiger partial charge in [0.2, 0.25) is 0 Å². The summed E-state index contributed by atoms with van der Waals surface area (Å²) in [6, 6.07) is 0. The fourth-order valence-corrected chi connectivity index (χ4v) is 1.01. The SMILES string of the molecule is O=CCCCCC[C@@H]1CO1. The maximum absolute atomic E-state index is 9.89. The predicted octanol–water partition coefficient (Wildman–Crippen LogP) is 1.53. The smallest absolute Gasteiger partial charge is 0.119 e. The van der Waals surface area contributed by atoms with Crippen molar-refractivity contribution in [2.45, 2.75) is 38.2 Å². The Morgan fingerprint density at radius 2 is 2.20 bits per heavy atom. The zero-order chi connectivity index (χ0) is 7.23. The van der Waals surface area contributed by atoms with Crippen LogP contribution < -0.4 is 0 Å². The van der Waals surface area contributed by atoms with E-state index in [0.717, 1.165) is 25.7 Å². The van der Waals surface area contributed by atoms with E-state index in [2.05, 4.69) is 0 Å². The van der Waals surface area contributed by atoms with Gasteiger partial charge in [-0.05, 0) is 12.8 Å². The van der Waals surface area contributed by atoms with Crippen LogP contribution >= 0.6 is 0 Å². The maximum Gasteiger partial charge on any atom is 0.119 e. The molecule has 10 heavy (non-hydrogen) atoms. The highest BCUT2D eigenvalue weighted by atomic mass is 16.6. The molecule has 0 saturated carbocycles. The number of carbonyl (C=O) groups excluding carboxylic acids is 1. The minimum Gasteiger partial charge on any atom is -0.373 e. The van der Waals surface area contributed by atoms with E-state index in [1.54, 1.807) is 0 Å². The van der Waals surface area contributed by atoms with E-state index in [4.69, 9.17) is 4.74 Å². The molecule has 0 spiro atoms. The maximum atomic E-state index is 9.89. The number of ether oxygens (including phenoxy) is 1. The van der Waals surface area contributed by atoms with Crippen LogP contribution in [0.2, 0.25) is 0 Å². The molecular weight excluding hydrogens is 128 g/mol. The minimum absolute atomic E-state index is 0.566. The van der Waals surface area contributed by atoms with Crippen molar-refractivity contribution in [3.63, 3.8) is 0 Å². The average Bonchev–Trinajstić information content (AvgIpc) is 2.71. The van der Waals surface area contributed by atoms with Crippen molar-refractivity contribution in [1.29, 1.82) is 0 Å². The lowest BCUT2D eigenvalue weighted by Crippen LogP contribution is -1.85. The van der Waals surface area contributed by atoms with E-state index in [1.807, 2.05) is 0 Å². The summed E-state index contributed by atoms with van der Waals surface area (Å²) in [6.45, 7) is 0.966. The first kappa shape index (κ1) is 7.73. The van der Waals surface area contributed by atoms with Gasteiger partial charge in [-0.15, -0.1) is 0 Å². The van der Waals surface area contributed by atoms with Crippen LogP contribution in [0, 0.1) is 0 Å². The molecule has 0 amide bonds. The van der Waals surface area contributed by atoms with Crippen LogP contribution in [0.1, 0.15) is 32.1 Å². The quantitative estimate of drug-likeness (QED) is 0.320. The van der Waals surface area contributed by atoms with Crippen molar-refractivity contribution < 1.29 is 9.53 Å². The molecule has 2 nitrogen and oxygen atoms in total. The van der Waals surface area contributed by atoms with Gasteiger partial charge in [0, 0.05) is 6.42 Å². The third-order valence-corrected chi connectivity index (χ3v) is 1.75. The average molecular weight is 142 g/mol. The monoisotopic (exact) mass is 142 g/mol. The van der Waals surface area contributed by atoms with Crippen LogP contribution in [0.25, 0.3) is 0 Å². The molecule has 58 valence electrons. The van der Waals surface area contributed by atoms with Crippen LogP contribution in [0.5, 0.6) is 0 Å². The molecule has 0 aromatic carbocycles. The van der Waals surface area contributed by atoms with Crippen LogP contribution in [-0.2, 0) is 9.53 Å². The third-order valence-electron chi connectivity index (χ3n) is 1.75. The highest BCUT2D eigenvalue weighted by Gasteiger charge is 2.20. The molecule has 0 bridgehead atoms.